The molecule has 28 heavy (non-hydrogen) atoms. The van der Waals surface area contributed by atoms with E-state index in [2.05, 4.69) is 4.98 Å². The van der Waals surface area contributed by atoms with Crippen LogP contribution in [-0.2, 0) is 14.3 Å². The van der Waals surface area contributed by atoms with Gasteiger partial charge in [-0.3, -0.25) is 9.78 Å². The van der Waals surface area contributed by atoms with Crippen LogP contribution in [0.2, 0.25) is 0 Å². The molecule has 2 amide bonds. The van der Waals surface area contributed by atoms with E-state index in [1.54, 1.807) is 35.8 Å². The first-order chi connectivity index (χ1) is 13.5. The summed E-state index contributed by atoms with van der Waals surface area (Å²) in [5.41, 5.74) is 1.80. The van der Waals surface area contributed by atoms with Crippen molar-refractivity contribution in [1.29, 1.82) is 0 Å². The lowest BCUT2D eigenvalue weighted by Crippen LogP contribution is -2.51. The van der Waals surface area contributed by atoms with E-state index in [-0.39, 0.29) is 18.6 Å². The molecule has 0 atom stereocenters. The number of ether oxygens (including phenoxy) is 2. The summed E-state index contributed by atoms with van der Waals surface area (Å²) in [4.78, 5) is 44.1. The van der Waals surface area contributed by atoms with Gasteiger partial charge in [-0.2, -0.15) is 0 Å². The number of piperazine rings is 1. The Labute approximate surface area is 163 Å². The maximum absolute atomic E-state index is 12.5. The summed E-state index contributed by atoms with van der Waals surface area (Å²) in [6.07, 6.45) is -0.374. The highest BCUT2D eigenvalue weighted by Crippen LogP contribution is 2.19. The van der Waals surface area contributed by atoms with Gasteiger partial charge in [-0.25, -0.2) is 9.59 Å². The van der Waals surface area contributed by atoms with Crippen LogP contribution in [-0.4, -0.2) is 72.1 Å². The molecule has 1 fully saturated rings. The quantitative estimate of drug-likeness (QED) is 0.748. The maximum Gasteiger partial charge on any atom is 0.409 e. The van der Waals surface area contributed by atoms with E-state index in [0.29, 0.717) is 54.9 Å². The molecule has 2 aromatic rings. The van der Waals surface area contributed by atoms with E-state index in [0.717, 1.165) is 0 Å². The third-order valence-corrected chi connectivity index (χ3v) is 4.55. The van der Waals surface area contributed by atoms with Gasteiger partial charge in [-0.05, 0) is 26.0 Å². The van der Waals surface area contributed by atoms with Crippen LogP contribution in [0.15, 0.2) is 30.3 Å². The summed E-state index contributed by atoms with van der Waals surface area (Å²) >= 11 is 0. The number of rotatable bonds is 4. The van der Waals surface area contributed by atoms with E-state index >= 15 is 0 Å². The molecule has 8 nitrogen and oxygen atoms in total. The molecule has 8 heteroatoms. The number of hydrogen-bond donors (Lipinski definition) is 0. The Morgan fingerprint density at radius 2 is 1.71 bits per heavy atom. The number of pyridine rings is 1. The predicted molar refractivity (Wildman–Crippen MR) is 102 cm³/mol. The number of aromatic nitrogens is 1. The largest absolute Gasteiger partial charge is 0.452 e. The molecule has 2 heterocycles. The molecule has 0 N–H and O–H groups in total. The number of nitrogens with zero attached hydrogens (tertiary/aromatic N) is 3. The lowest BCUT2D eigenvalue weighted by atomic mass is 10.1. The monoisotopic (exact) mass is 385 g/mol. The molecule has 1 aromatic carbocycles. The fourth-order valence-corrected chi connectivity index (χ4v) is 3.13. The summed E-state index contributed by atoms with van der Waals surface area (Å²) in [6.45, 7) is 5.08. The van der Waals surface area contributed by atoms with E-state index in [1.165, 1.54) is 0 Å². The van der Waals surface area contributed by atoms with Gasteiger partial charge in [0.25, 0.3) is 5.91 Å². The molecule has 0 spiro atoms. The molecule has 0 saturated carbocycles. The Morgan fingerprint density at radius 1 is 1.04 bits per heavy atom. The van der Waals surface area contributed by atoms with Crippen LogP contribution in [0.1, 0.15) is 23.0 Å². The Morgan fingerprint density at radius 3 is 2.43 bits per heavy atom. The zero-order valence-corrected chi connectivity index (χ0v) is 16.0. The number of aryl methyl sites for hydroxylation is 1. The third kappa shape index (κ3) is 4.39. The van der Waals surface area contributed by atoms with E-state index < -0.39 is 5.97 Å². The van der Waals surface area contributed by atoms with Gasteiger partial charge in [0.2, 0.25) is 0 Å². The number of benzene rings is 1. The number of amides is 2. The summed E-state index contributed by atoms with van der Waals surface area (Å²) in [7, 11) is 0. The highest BCUT2D eigenvalue weighted by atomic mass is 16.6. The first kappa shape index (κ1) is 19.6. The lowest BCUT2D eigenvalue weighted by Gasteiger charge is -2.33. The number of fused-ring (bicyclic) bond motifs is 1. The second-order valence-electron chi connectivity index (χ2n) is 6.47. The maximum atomic E-state index is 12.5. The summed E-state index contributed by atoms with van der Waals surface area (Å²) < 4.78 is 10.2. The highest BCUT2D eigenvalue weighted by Gasteiger charge is 2.25. The van der Waals surface area contributed by atoms with Crippen LogP contribution < -0.4 is 0 Å². The van der Waals surface area contributed by atoms with Gasteiger partial charge < -0.3 is 19.3 Å². The second kappa shape index (κ2) is 8.69. The van der Waals surface area contributed by atoms with Gasteiger partial charge in [0.15, 0.2) is 6.61 Å². The van der Waals surface area contributed by atoms with Gasteiger partial charge >= 0.3 is 12.1 Å². The van der Waals surface area contributed by atoms with Crippen molar-refractivity contribution >= 4 is 28.9 Å². The first-order valence-electron chi connectivity index (χ1n) is 9.22. The number of para-hydroxylation sites is 1. The molecular weight excluding hydrogens is 362 g/mol. The Hall–Kier alpha value is -3.16. The molecule has 1 aliphatic heterocycles. The molecule has 1 aromatic heterocycles. The number of esters is 1. The molecule has 148 valence electrons. The highest BCUT2D eigenvalue weighted by molar-refractivity contribution is 6.04. The summed E-state index contributed by atoms with van der Waals surface area (Å²) in [5, 5.41) is 0.689. The Kier molecular flexibility index (Phi) is 6.08. The zero-order valence-electron chi connectivity index (χ0n) is 16.0. The predicted octanol–water partition coefficient (Wildman–Crippen LogP) is 2.00. The van der Waals surface area contributed by atoms with Crippen LogP contribution in [0.4, 0.5) is 4.79 Å². The van der Waals surface area contributed by atoms with Gasteiger partial charge in [-0.1, -0.05) is 18.2 Å². The van der Waals surface area contributed by atoms with Crippen molar-refractivity contribution in [1.82, 2.24) is 14.8 Å². The molecule has 0 aliphatic carbocycles. The number of hydrogen-bond acceptors (Lipinski definition) is 6. The molecule has 0 bridgehead atoms. The minimum Gasteiger partial charge on any atom is -0.452 e. The average molecular weight is 385 g/mol. The minimum atomic E-state index is -0.555. The van der Waals surface area contributed by atoms with Crippen LogP contribution in [0.25, 0.3) is 10.9 Å². The van der Waals surface area contributed by atoms with Crippen molar-refractivity contribution < 1.29 is 23.9 Å². The van der Waals surface area contributed by atoms with Crippen molar-refractivity contribution in [2.75, 3.05) is 39.4 Å². The standard InChI is InChI=1S/C20H23N3O5/c1-3-27-20(26)23-10-8-22(9-11-23)18(24)13-28-19(25)16-12-14(2)21-17-7-5-4-6-15(16)17/h4-7,12H,3,8-11,13H2,1-2H3. The van der Waals surface area contributed by atoms with E-state index in [9.17, 15) is 14.4 Å². The van der Waals surface area contributed by atoms with Crippen molar-refractivity contribution in [3.8, 4) is 0 Å². The lowest BCUT2D eigenvalue weighted by molar-refractivity contribution is -0.136. The Bertz CT molecular complexity index is 891. The van der Waals surface area contributed by atoms with Crippen molar-refractivity contribution in [2.45, 2.75) is 13.8 Å². The summed E-state index contributed by atoms with van der Waals surface area (Å²) in [6, 6.07) is 8.96. The van der Waals surface area contributed by atoms with Gasteiger partial charge in [0.05, 0.1) is 17.7 Å². The fourth-order valence-electron chi connectivity index (χ4n) is 3.13. The fraction of sp³-hybridized carbons (Fsp3) is 0.400. The zero-order chi connectivity index (χ0) is 20.1. The van der Waals surface area contributed by atoms with E-state index in [4.69, 9.17) is 9.47 Å². The molecular formula is C20H23N3O5. The average Bonchev–Trinajstić information content (AvgIpc) is 2.71. The number of carbonyl (C=O) groups is 3. The van der Waals surface area contributed by atoms with Crippen LogP contribution >= 0.6 is 0 Å². The van der Waals surface area contributed by atoms with E-state index in [1.807, 2.05) is 18.2 Å². The Balaban J connectivity index is 1.57. The topological polar surface area (TPSA) is 89.0 Å². The third-order valence-electron chi connectivity index (χ3n) is 4.55. The first-order valence-corrected chi connectivity index (χ1v) is 9.22. The van der Waals surface area contributed by atoms with Gasteiger partial charge in [0.1, 0.15) is 0 Å². The minimum absolute atomic E-state index is 0.285. The van der Waals surface area contributed by atoms with Crippen molar-refractivity contribution in [3.63, 3.8) is 0 Å². The number of carbonyl (C=O) groups excluding carboxylic acids is 3. The summed E-state index contributed by atoms with van der Waals surface area (Å²) in [5.74, 6) is -0.841. The van der Waals surface area contributed by atoms with Crippen molar-refractivity contribution in [2.24, 2.45) is 0 Å². The SMILES string of the molecule is CCOC(=O)N1CCN(C(=O)COC(=O)c2cc(C)nc3ccccc23)CC1. The van der Waals surface area contributed by atoms with Crippen molar-refractivity contribution in [3.05, 3.63) is 41.6 Å². The molecule has 3 rings (SSSR count). The molecule has 0 unspecified atom stereocenters. The van der Waals surface area contributed by atoms with Crippen LogP contribution in [0, 0.1) is 6.92 Å². The van der Waals surface area contributed by atoms with Gasteiger partial charge in [0, 0.05) is 37.3 Å². The molecule has 1 aliphatic rings. The second-order valence-corrected chi connectivity index (χ2v) is 6.47. The molecule has 1 saturated heterocycles. The van der Waals surface area contributed by atoms with Crippen LogP contribution in [0.3, 0.4) is 0 Å². The van der Waals surface area contributed by atoms with Crippen LogP contribution in [0.5, 0.6) is 0 Å². The van der Waals surface area contributed by atoms with Gasteiger partial charge in [-0.15, -0.1) is 0 Å². The smallest absolute Gasteiger partial charge is 0.409 e. The normalized spacial score (nSPS) is 14.1. The molecule has 0 radical (unpaired) electrons.